The highest BCUT2D eigenvalue weighted by Gasteiger charge is 2.50. The van der Waals surface area contributed by atoms with Gasteiger partial charge < -0.3 is 25.2 Å². The molecule has 3 atom stereocenters. The number of hydrogen-bond donors (Lipinski definition) is 3. The third-order valence-electron chi connectivity index (χ3n) is 7.23. The Bertz CT molecular complexity index is 1390. The average Bonchev–Trinajstić information content (AvgIpc) is 3.27. The lowest BCUT2D eigenvalue weighted by Gasteiger charge is -2.33. The van der Waals surface area contributed by atoms with Crippen LogP contribution in [-0.2, 0) is 11.2 Å². The summed E-state index contributed by atoms with van der Waals surface area (Å²) in [5, 5.41) is 24.3. The molecule has 0 radical (unpaired) electrons. The molecule has 8 nitrogen and oxygen atoms in total. The maximum Gasteiger partial charge on any atom is 0.254 e. The molecule has 1 saturated heterocycles. The number of aliphatic hydroxyl groups is 1. The lowest BCUT2D eigenvalue weighted by Crippen LogP contribution is -2.57. The van der Waals surface area contributed by atoms with Gasteiger partial charge in [-0.2, -0.15) is 0 Å². The number of nitrogens with one attached hydrogen (secondary N) is 1. The maximum atomic E-state index is 13.9. The van der Waals surface area contributed by atoms with Crippen LogP contribution in [0.2, 0.25) is 0 Å². The standard InChI is InChI=1S/C31H34N2O6S/c1-19-23(14-9-15-25(19)34)29(37)32-24(16-20-10-6-5-7-11-20)27(36)30(38)33-18-40-31(2,3)28(33)26(35)21-12-8-13-22(17-21)39-4/h5-15,17,24,27-28,34,36H,16,18H2,1-4H3,(H,32,37). The van der Waals surface area contributed by atoms with Crippen LogP contribution in [0.4, 0.5) is 0 Å². The van der Waals surface area contributed by atoms with Crippen molar-refractivity contribution in [2.45, 2.75) is 50.1 Å². The Kier molecular flexibility index (Phi) is 8.85. The Morgan fingerprint density at radius 1 is 1.07 bits per heavy atom. The van der Waals surface area contributed by atoms with Gasteiger partial charge in [0.15, 0.2) is 11.9 Å². The summed E-state index contributed by atoms with van der Waals surface area (Å²) in [6, 6.07) is 18.8. The van der Waals surface area contributed by atoms with E-state index in [2.05, 4.69) is 5.32 Å². The summed E-state index contributed by atoms with van der Waals surface area (Å²) in [5.74, 6) is -0.719. The zero-order valence-electron chi connectivity index (χ0n) is 23.0. The summed E-state index contributed by atoms with van der Waals surface area (Å²) in [6.07, 6.45) is -1.45. The number of thioether (sulfide) groups is 1. The van der Waals surface area contributed by atoms with Gasteiger partial charge in [-0.3, -0.25) is 14.4 Å². The fraction of sp³-hybridized carbons (Fsp3) is 0.323. The van der Waals surface area contributed by atoms with Crippen molar-refractivity contribution in [2.75, 3.05) is 13.0 Å². The number of phenolic OH excluding ortho intramolecular Hbond substituents is 1. The van der Waals surface area contributed by atoms with E-state index < -0.39 is 34.7 Å². The molecule has 3 aromatic rings. The molecule has 0 aromatic heterocycles. The van der Waals surface area contributed by atoms with E-state index in [9.17, 15) is 24.6 Å². The summed E-state index contributed by atoms with van der Waals surface area (Å²) in [4.78, 5) is 42.3. The van der Waals surface area contributed by atoms with Crippen LogP contribution in [0, 0.1) is 6.92 Å². The number of amides is 2. The largest absolute Gasteiger partial charge is 0.508 e. The predicted molar refractivity (Wildman–Crippen MR) is 155 cm³/mol. The average molecular weight is 563 g/mol. The van der Waals surface area contributed by atoms with Crippen LogP contribution in [0.5, 0.6) is 11.5 Å². The fourth-order valence-electron chi connectivity index (χ4n) is 4.91. The van der Waals surface area contributed by atoms with Crippen molar-refractivity contribution in [3.63, 3.8) is 0 Å². The van der Waals surface area contributed by atoms with Crippen molar-refractivity contribution in [1.82, 2.24) is 10.2 Å². The van der Waals surface area contributed by atoms with E-state index in [-0.39, 0.29) is 29.4 Å². The van der Waals surface area contributed by atoms with Gasteiger partial charge in [0.25, 0.3) is 11.8 Å². The van der Waals surface area contributed by atoms with E-state index in [1.165, 1.54) is 29.8 Å². The number of carbonyl (C=O) groups is 3. The third kappa shape index (κ3) is 6.16. The second-order valence-corrected chi connectivity index (χ2v) is 11.9. The van der Waals surface area contributed by atoms with Crippen molar-refractivity contribution >= 4 is 29.4 Å². The molecule has 1 aliphatic heterocycles. The lowest BCUT2D eigenvalue weighted by atomic mass is 9.91. The molecule has 3 aromatic carbocycles. The molecule has 0 aliphatic carbocycles. The first-order valence-electron chi connectivity index (χ1n) is 13.0. The van der Waals surface area contributed by atoms with Crippen LogP contribution in [0.25, 0.3) is 0 Å². The van der Waals surface area contributed by atoms with Crippen LogP contribution in [0.15, 0.2) is 72.8 Å². The summed E-state index contributed by atoms with van der Waals surface area (Å²) in [7, 11) is 1.52. The molecular weight excluding hydrogens is 528 g/mol. The Hall–Kier alpha value is -3.82. The van der Waals surface area contributed by atoms with Crippen LogP contribution < -0.4 is 10.1 Å². The van der Waals surface area contributed by atoms with Crippen LogP contribution >= 0.6 is 11.8 Å². The van der Waals surface area contributed by atoms with Crippen LogP contribution in [0.3, 0.4) is 0 Å². The molecule has 9 heteroatoms. The van der Waals surface area contributed by atoms with E-state index in [1.54, 1.807) is 43.3 Å². The molecule has 0 bridgehead atoms. The number of aliphatic hydroxyl groups excluding tert-OH is 1. The number of carbonyl (C=O) groups excluding carboxylic acids is 3. The number of ketones is 1. The van der Waals surface area contributed by atoms with Crippen molar-refractivity contribution in [3.8, 4) is 11.5 Å². The van der Waals surface area contributed by atoms with E-state index in [1.807, 2.05) is 44.2 Å². The number of rotatable bonds is 9. The van der Waals surface area contributed by atoms with Crippen LogP contribution in [-0.4, -0.2) is 68.6 Å². The van der Waals surface area contributed by atoms with Crippen molar-refractivity contribution in [3.05, 3.63) is 95.1 Å². The first kappa shape index (κ1) is 29.2. The highest BCUT2D eigenvalue weighted by molar-refractivity contribution is 8.00. The van der Waals surface area contributed by atoms with E-state index in [0.717, 1.165) is 5.56 Å². The van der Waals surface area contributed by atoms with Crippen molar-refractivity contribution in [2.24, 2.45) is 0 Å². The number of phenols is 1. The zero-order valence-corrected chi connectivity index (χ0v) is 23.8. The van der Waals surface area contributed by atoms with E-state index in [4.69, 9.17) is 4.74 Å². The predicted octanol–water partition coefficient (Wildman–Crippen LogP) is 3.97. The SMILES string of the molecule is COc1cccc(C(=O)C2N(C(=O)C(O)C(Cc3ccccc3)NC(=O)c3cccc(O)c3C)CSC2(C)C)c1. The third-order valence-corrected chi connectivity index (χ3v) is 8.60. The number of nitrogens with zero attached hydrogens (tertiary/aromatic N) is 1. The summed E-state index contributed by atoms with van der Waals surface area (Å²) in [5.41, 5.74) is 1.84. The highest BCUT2D eigenvalue weighted by Crippen LogP contribution is 2.41. The molecule has 3 N–H and O–H groups in total. The Morgan fingerprint density at radius 2 is 1.77 bits per heavy atom. The first-order chi connectivity index (χ1) is 19.0. The summed E-state index contributed by atoms with van der Waals surface area (Å²) < 4.78 is 4.66. The summed E-state index contributed by atoms with van der Waals surface area (Å²) in [6.45, 7) is 5.41. The molecule has 210 valence electrons. The quantitative estimate of drug-likeness (QED) is 0.338. The molecule has 4 rings (SSSR count). The maximum absolute atomic E-state index is 13.9. The second kappa shape index (κ2) is 12.1. The molecule has 1 heterocycles. The second-order valence-electron chi connectivity index (χ2n) is 10.3. The number of methoxy groups -OCH3 is 1. The minimum absolute atomic E-state index is 0.0286. The lowest BCUT2D eigenvalue weighted by molar-refractivity contribution is -0.141. The van der Waals surface area contributed by atoms with Crippen molar-refractivity contribution < 1.29 is 29.3 Å². The molecule has 2 amide bonds. The van der Waals surface area contributed by atoms with Gasteiger partial charge in [0, 0.05) is 21.4 Å². The Morgan fingerprint density at radius 3 is 2.48 bits per heavy atom. The smallest absolute Gasteiger partial charge is 0.254 e. The van der Waals surface area contributed by atoms with E-state index in [0.29, 0.717) is 16.9 Å². The van der Waals surface area contributed by atoms with Gasteiger partial charge in [-0.05, 0) is 57.0 Å². The van der Waals surface area contributed by atoms with Gasteiger partial charge in [-0.1, -0.05) is 48.5 Å². The van der Waals surface area contributed by atoms with Gasteiger partial charge in [-0.15, -0.1) is 11.8 Å². The molecule has 1 aliphatic rings. The normalized spacial score (nSPS) is 17.6. The monoisotopic (exact) mass is 562 g/mol. The van der Waals surface area contributed by atoms with Crippen molar-refractivity contribution in [1.29, 1.82) is 0 Å². The molecule has 3 unspecified atom stereocenters. The molecule has 0 spiro atoms. The van der Waals surface area contributed by atoms with Gasteiger partial charge in [0.1, 0.15) is 17.5 Å². The topological polar surface area (TPSA) is 116 Å². The van der Waals surface area contributed by atoms with Gasteiger partial charge in [0.2, 0.25) is 0 Å². The van der Waals surface area contributed by atoms with Gasteiger partial charge >= 0.3 is 0 Å². The number of aromatic hydroxyl groups is 1. The minimum Gasteiger partial charge on any atom is -0.508 e. The molecule has 0 saturated carbocycles. The summed E-state index contributed by atoms with van der Waals surface area (Å²) >= 11 is 1.45. The van der Waals surface area contributed by atoms with E-state index >= 15 is 0 Å². The molecule has 1 fully saturated rings. The zero-order chi connectivity index (χ0) is 29.0. The fourth-order valence-corrected chi connectivity index (χ4v) is 6.05. The minimum atomic E-state index is -1.63. The molecule has 40 heavy (non-hydrogen) atoms. The Balaban J connectivity index is 1.63. The molecular formula is C31H34N2O6S. The Labute approximate surface area is 238 Å². The number of Topliss-reactive ketones (excluding diaryl/α,β-unsaturated/α-hetero) is 1. The van der Waals surface area contributed by atoms with Crippen LogP contribution in [0.1, 0.15) is 45.7 Å². The first-order valence-corrected chi connectivity index (χ1v) is 14.0. The van der Waals surface area contributed by atoms with Gasteiger partial charge in [-0.25, -0.2) is 0 Å². The number of benzene rings is 3. The number of ether oxygens (including phenoxy) is 1. The highest BCUT2D eigenvalue weighted by atomic mass is 32.2. The van der Waals surface area contributed by atoms with Gasteiger partial charge in [0.05, 0.1) is 19.0 Å². The number of hydrogen-bond acceptors (Lipinski definition) is 7.